The molecule has 7 heteroatoms. The molecule has 0 bridgehead atoms. The van der Waals surface area contributed by atoms with E-state index in [1.807, 2.05) is 31.2 Å². The van der Waals surface area contributed by atoms with E-state index in [4.69, 9.17) is 31.3 Å². The summed E-state index contributed by atoms with van der Waals surface area (Å²) in [7, 11) is 0. The summed E-state index contributed by atoms with van der Waals surface area (Å²) in [5.41, 5.74) is 2.46. The Morgan fingerprint density at radius 3 is 2.36 bits per heavy atom. The lowest BCUT2D eigenvalue weighted by Crippen LogP contribution is -2.36. The molecule has 0 radical (unpaired) electrons. The predicted octanol–water partition coefficient (Wildman–Crippen LogP) is 2.09. The van der Waals surface area contributed by atoms with Crippen molar-refractivity contribution in [3.8, 4) is 5.75 Å². The predicted molar refractivity (Wildman–Crippen MR) is 107 cm³/mol. The topological polar surface area (TPSA) is 99.4 Å². The SMILES string of the molecule is CCOc1ccc(Cc2cc([C@H](OCCO)[C@H](O)[C@@H](O)CO)ccc2Cl)cc1. The van der Waals surface area contributed by atoms with Crippen molar-refractivity contribution in [1.82, 2.24) is 0 Å². The van der Waals surface area contributed by atoms with E-state index in [1.165, 1.54) is 0 Å². The van der Waals surface area contributed by atoms with Crippen LogP contribution in [0, 0.1) is 0 Å². The van der Waals surface area contributed by atoms with Crippen LogP contribution in [0.4, 0.5) is 0 Å². The third-order valence-corrected chi connectivity index (χ3v) is 4.68. The Morgan fingerprint density at radius 2 is 1.75 bits per heavy atom. The summed E-state index contributed by atoms with van der Waals surface area (Å²) in [5.74, 6) is 0.796. The van der Waals surface area contributed by atoms with E-state index < -0.39 is 24.9 Å². The molecule has 0 saturated heterocycles. The van der Waals surface area contributed by atoms with Gasteiger partial charge in [0.15, 0.2) is 0 Å². The lowest BCUT2D eigenvalue weighted by atomic mass is 9.96. The van der Waals surface area contributed by atoms with Crippen molar-refractivity contribution >= 4 is 11.6 Å². The van der Waals surface area contributed by atoms with Crippen molar-refractivity contribution in [2.45, 2.75) is 31.7 Å². The normalized spacial score (nSPS) is 14.5. The van der Waals surface area contributed by atoms with Crippen LogP contribution in [0.25, 0.3) is 0 Å². The van der Waals surface area contributed by atoms with E-state index >= 15 is 0 Å². The van der Waals surface area contributed by atoms with Gasteiger partial charge in [-0.1, -0.05) is 35.9 Å². The molecule has 28 heavy (non-hydrogen) atoms. The van der Waals surface area contributed by atoms with E-state index in [1.54, 1.807) is 18.2 Å². The molecular formula is C21H27ClO6. The monoisotopic (exact) mass is 410 g/mol. The number of ether oxygens (including phenoxy) is 2. The molecule has 154 valence electrons. The highest BCUT2D eigenvalue weighted by atomic mass is 35.5. The highest BCUT2D eigenvalue weighted by Gasteiger charge is 2.28. The van der Waals surface area contributed by atoms with Crippen LogP contribution in [0.2, 0.25) is 5.02 Å². The molecule has 3 atom stereocenters. The van der Waals surface area contributed by atoms with E-state index in [0.717, 1.165) is 16.9 Å². The second kappa shape index (κ2) is 11.4. The second-order valence-corrected chi connectivity index (χ2v) is 6.77. The maximum atomic E-state index is 10.3. The molecule has 2 rings (SSSR count). The molecule has 0 heterocycles. The summed E-state index contributed by atoms with van der Waals surface area (Å²) < 4.78 is 11.0. The summed E-state index contributed by atoms with van der Waals surface area (Å²) in [5, 5.41) is 38.9. The lowest BCUT2D eigenvalue weighted by molar-refractivity contribution is -0.108. The maximum absolute atomic E-state index is 10.3. The Hall–Kier alpha value is -1.67. The van der Waals surface area contributed by atoms with Crippen LogP contribution in [-0.2, 0) is 11.2 Å². The Balaban J connectivity index is 2.25. The standard InChI is InChI=1S/C21H27ClO6/c1-2-27-17-6-3-14(4-7-17)11-16-12-15(5-8-18(16)22)21(28-10-9-23)20(26)19(25)13-24/h3-8,12,19-21,23-26H,2,9-11,13H2,1H3/t19-,20+,21-/m0/s1. The number of hydrogen-bond acceptors (Lipinski definition) is 6. The minimum absolute atomic E-state index is 0.0171. The average molecular weight is 411 g/mol. The van der Waals surface area contributed by atoms with Crippen molar-refractivity contribution in [3.05, 3.63) is 64.2 Å². The number of hydrogen-bond donors (Lipinski definition) is 4. The minimum Gasteiger partial charge on any atom is -0.494 e. The third kappa shape index (κ3) is 6.17. The largest absolute Gasteiger partial charge is 0.494 e. The van der Waals surface area contributed by atoms with Crippen molar-refractivity contribution in [2.24, 2.45) is 0 Å². The number of rotatable bonds is 11. The summed E-state index contributed by atoms with van der Waals surface area (Å²) >= 11 is 6.35. The fraction of sp³-hybridized carbons (Fsp3) is 0.429. The van der Waals surface area contributed by atoms with Crippen LogP contribution >= 0.6 is 11.6 Å². The van der Waals surface area contributed by atoms with Crippen molar-refractivity contribution in [1.29, 1.82) is 0 Å². The van der Waals surface area contributed by atoms with Gasteiger partial charge in [0.05, 0.1) is 26.4 Å². The molecule has 0 fully saturated rings. The highest BCUT2D eigenvalue weighted by Crippen LogP contribution is 2.29. The van der Waals surface area contributed by atoms with Gasteiger partial charge in [0.2, 0.25) is 0 Å². The van der Waals surface area contributed by atoms with Gasteiger partial charge in [-0.05, 0) is 48.2 Å². The van der Waals surface area contributed by atoms with Gasteiger partial charge < -0.3 is 29.9 Å². The molecule has 0 unspecified atom stereocenters. The molecule has 6 nitrogen and oxygen atoms in total. The smallest absolute Gasteiger partial charge is 0.119 e. The molecule has 0 aliphatic carbocycles. The number of aliphatic hydroxyl groups is 4. The number of aliphatic hydroxyl groups excluding tert-OH is 4. The van der Waals surface area contributed by atoms with Crippen LogP contribution < -0.4 is 4.74 Å². The fourth-order valence-electron chi connectivity index (χ4n) is 2.88. The van der Waals surface area contributed by atoms with E-state index in [9.17, 15) is 10.2 Å². The Kier molecular flexibility index (Phi) is 9.18. The molecule has 0 saturated carbocycles. The van der Waals surface area contributed by atoms with Crippen LogP contribution in [0.3, 0.4) is 0 Å². The molecule has 2 aromatic rings. The highest BCUT2D eigenvalue weighted by molar-refractivity contribution is 6.31. The molecule has 0 amide bonds. The van der Waals surface area contributed by atoms with E-state index in [0.29, 0.717) is 23.6 Å². The van der Waals surface area contributed by atoms with Gasteiger partial charge in [-0.3, -0.25) is 0 Å². The summed E-state index contributed by atoms with van der Waals surface area (Å²) in [6.07, 6.45) is -3.07. The molecule has 0 aliphatic heterocycles. The Morgan fingerprint density at radius 1 is 1.04 bits per heavy atom. The van der Waals surface area contributed by atoms with Gasteiger partial charge >= 0.3 is 0 Å². The summed E-state index contributed by atoms with van der Waals surface area (Å²) in [4.78, 5) is 0. The first kappa shape index (κ1) is 22.6. The van der Waals surface area contributed by atoms with Crippen LogP contribution in [0.5, 0.6) is 5.75 Å². The van der Waals surface area contributed by atoms with Gasteiger partial charge in [-0.15, -0.1) is 0 Å². The van der Waals surface area contributed by atoms with E-state index in [2.05, 4.69) is 0 Å². The summed E-state index contributed by atoms with van der Waals surface area (Å²) in [6, 6.07) is 12.9. The van der Waals surface area contributed by atoms with Gasteiger partial charge in [-0.2, -0.15) is 0 Å². The number of benzene rings is 2. The fourth-order valence-corrected chi connectivity index (χ4v) is 3.06. The van der Waals surface area contributed by atoms with Gasteiger partial charge in [0.1, 0.15) is 24.1 Å². The molecule has 0 aliphatic rings. The molecule has 0 spiro atoms. The van der Waals surface area contributed by atoms with Crippen LogP contribution in [0.15, 0.2) is 42.5 Å². The van der Waals surface area contributed by atoms with Crippen molar-refractivity contribution < 1.29 is 29.9 Å². The Labute approximate surface area is 169 Å². The average Bonchev–Trinajstić information content (AvgIpc) is 2.71. The van der Waals surface area contributed by atoms with Crippen LogP contribution in [-0.4, -0.2) is 59.1 Å². The zero-order valence-corrected chi connectivity index (χ0v) is 16.5. The second-order valence-electron chi connectivity index (χ2n) is 6.36. The van der Waals surface area contributed by atoms with Gasteiger partial charge in [-0.25, -0.2) is 0 Å². The zero-order chi connectivity index (χ0) is 20.5. The molecule has 0 aromatic heterocycles. The summed E-state index contributed by atoms with van der Waals surface area (Å²) in [6.45, 7) is 1.68. The molecule has 2 aromatic carbocycles. The third-order valence-electron chi connectivity index (χ3n) is 4.31. The van der Waals surface area contributed by atoms with Gasteiger partial charge in [0.25, 0.3) is 0 Å². The first-order chi connectivity index (χ1) is 13.5. The first-order valence-corrected chi connectivity index (χ1v) is 9.57. The first-order valence-electron chi connectivity index (χ1n) is 9.19. The zero-order valence-electron chi connectivity index (χ0n) is 15.8. The van der Waals surface area contributed by atoms with Crippen molar-refractivity contribution in [3.63, 3.8) is 0 Å². The van der Waals surface area contributed by atoms with E-state index in [-0.39, 0.29) is 13.2 Å². The Bertz CT molecular complexity index is 721. The van der Waals surface area contributed by atoms with Crippen LogP contribution in [0.1, 0.15) is 29.7 Å². The van der Waals surface area contributed by atoms with Gasteiger partial charge in [0, 0.05) is 5.02 Å². The maximum Gasteiger partial charge on any atom is 0.119 e. The number of halogens is 1. The molecular weight excluding hydrogens is 384 g/mol. The lowest BCUT2D eigenvalue weighted by Gasteiger charge is -2.27. The minimum atomic E-state index is -1.37. The quantitative estimate of drug-likeness (QED) is 0.452. The van der Waals surface area contributed by atoms with Crippen molar-refractivity contribution in [2.75, 3.05) is 26.4 Å². The molecule has 4 N–H and O–H groups in total.